The van der Waals surface area contributed by atoms with Crippen molar-refractivity contribution < 1.29 is 9.52 Å². The SMILES string of the molecule is CN(C)Cc1nnc(NC2CCN(Cc3cccc(O)c3)CC2)o1. The fraction of sp³-hybridized carbons (Fsp3) is 0.529. The van der Waals surface area contributed by atoms with Gasteiger partial charge in [0.15, 0.2) is 0 Å². The molecule has 1 aromatic carbocycles. The first kappa shape index (κ1) is 16.7. The number of phenolic OH excluding ortho intramolecular Hbond substituents is 1. The first-order valence-electron chi connectivity index (χ1n) is 8.32. The third kappa shape index (κ3) is 4.69. The van der Waals surface area contributed by atoms with E-state index >= 15 is 0 Å². The summed E-state index contributed by atoms with van der Waals surface area (Å²) in [7, 11) is 3.94. The first-order valence-corrected chi connectivity index (χ1v) is 8.32. The lowest BCUT2D eigenvalue weighted by Gasteiger charge is -2.31. The van der Waals surface area contributed by atoms with Gasteiger partial charge in [0, 0.05) is 25.7 Å². The zero-order chi connectivity index (χ0) is 16.9. The van der Waals surface area contributed by atoms with Gasteiger partial charge in [-0.1, -0.05) is 17.2 Å². The standard InChI is InChI=1S/C17H25N5O2/c1-21(2)12-16-19-20-17(24-16)18-14-6-8-22(9-7-14)11-13-4-3-5-15(23)10-13/h3-5,10,14,23H,6-9,11-12H2,1-2H3,(H,18,20). The number of likely N-dealkylation sites (tertiary alicyclic amines) is 1. The molecule has 24 heavy (non-hydrogen) atoms. The number of hydrogen-bond donors (Lipinski definition) is 2. The summed E-state index contributed by atoms with van der Waals surface area (Å²) in [4.78, 5) is 4.40. The smallest absolute Gasteiger partial charge is 0.315 e. The first-order chi connectivity index (χ1) is 11.6. The minimum atomic E-state index is 0.328. The Morgan fingerprint density at radius 3 is 2.79 bits per heavy atom. The van der Waals surface area contributed by atoms with Crippen LogP contribution in [0.4, 0.5) is 6.01 Å². The van der Waals surface area contributed by atoms with E-state index in [1.807, 2.05) is 31.1 Å². The minimum Gasteiger partial charge on any atom is -0.508 e. The Morgan fingerprint density at radius 1 is 1.29 bits per heavy atom. The second kappa shape index (κ2) is 7.63. The Hall–Kier alpha value is -2.12. The maximum atomic E-state index is 9.55. The number of nitrogens with zero attached hydrogens (tertiary/aromatic N) is 4. The monoisotopic (exact) mass is 331 g/mol. The number of anilines is 1. The Labute approximate surface area is 142 Å². The van der Waals surface area contributed by atoms with E-state index in [-0.39, 0.29) is 0 Å². The zero-order valence-electron chi connectivity index (χ0n) is 14.3. The maximum absolute atomic E-state index is 9.55. The Bertz CT molecular complexity index is 650. The van der Waals surface area contributed by atoms with Crippen LogP contribution >= 0.6 is 0 Å². The molecule has 2 aromatic rings. The van der Waals surface area contributed by atoms with Gasteiger partial charge in [-0.3, -0.25) is 4.90 Å². The maximum Gasteiger partial charge on any atom is 0.315 e. The van der Waals surface area contributed by atoms with Crippen molar-refractivity contribution in [1.29, 1.82) is 0 Å². The topological polar surface area (TPSA) is 77.7 Å². The Balaban J connectivity index is 1.46. The molecule has 0 saturated carbocycles. The number of aromatic nitrogens is 2. The molecule has 1 fully saturated rings. The lowest BCUT2D eigenvalue weighted by atomic mass is 10.0. The highest BCUT2D eigenvalue weighted by molar-refractivity contribution is 5.27. The molecule has 1 aliphatic heterocycles. The summed E-state index contributed by atoms with van der Waals surface area (Å²) < 4.78 is 5.62. The van der Waals surface area contributed by atoms with Crippen molar-refractivity contribution in [2.45, 2.75) is 32.0 Å². The third-order valence-electron chi connectivity index (χ3n) is 4.15. The average molecular weight is 331 g/mol. The summed E-state index contributed by atoms with van der Waals surface area (Å²) in [6.45, 7) is 3.53. The lowest BCUT2D eigenvalue weighted by Crippen LogP contribution is -2.38. The van der Waals surface area contributed by atoms with Crippen molar-refractivity contribution >= 4 is 6.01 Å². The fourth-order valence-corrected chi connectivity index (χ4v) is 2.97. The molecule has 130 valence electrons. The van der Waals surface area contributed by atoms with Gasteiger partial charge in [-0.15, -0.1) is 5.10 Å². The van der Waals surface area contributed by atoms with E-state index in [0.717, 1.165) is 38.0 Å². The van der Waals surface area contributed by atoms with Crippen LogP contribution in [0.2, 0.25) is 0 Å². The van der Waals surface area contributed by atoms with Crippen LogP contribution in [0.1, 0.15) is 24.3 Å². The third-order valence-corrected chi connectivity index (χ3v) is 4.15. The van der Waals surface area contributed by atoms with Gasteiger partial charge < -0.3 is 19.7 Å². The van der Waals surface area contributed by atoms with Crippen molar-refractivity contribution in [2.24, 2.45) is 0 Å². The average Bonchev–Trinajstić information content (AvgIpc) is 2.95. The molecular formula is C17H25N5O2. The van der Waals surface area contributed by atoms with Crippen LogP contribution in [0.3, 0.4) is 0 Å². The molecule has 0 unspecified atom stereocenters. The number of piperidine rings is 1. The predicted molar refractivity (Wildman–Crippen MR) is 91.7 cm³/mol. The second-order valence-corrected chi connectivity index (χ2v) is 6.60. The Kier molecular flexibility index (Phi) is 5.32. The second-order valence-electron chi connectivity index (χ2n) is 6.60. The largest absolute Gasteiger partial charge is 0.508 e. The highest BCUT2D eigenvalue weighted by atomic mass is 16.4. The van der Waals surface area contributed by atoms with E-state index in [0.29, 0.717) is 30.2 Å². The van der Waals surface area contributed by atoms with Crippen LogP contribution in [0, 0.1) is 0 Å². The van der Waals surface area contributed by atoms with E-state index in [9.17, 15) is 5.11 Å². The summed E-state index contributed by atoms with van der Waals surface area (Å²) in [5.41, 5.74) is 1.15. The number of nitrogens with one attached hydrogen (secondary N) is 1. The molecule has 7 nitrogen and oxygen atoms in total. The van der Waals surface area contributed by atoms with Gasteiger partial charge in [-0.05, 0) is 44.6 Å². The van der Waals surface area contributed by atoms with Crippen LogP contribution in [0.25, 0.3) is 0 Å². The summed E-state index contributed by atoms with van der Waals surface area (Å²) in [5, 5.41) is 21.0. The van der Waals surface area contributed by atoms with Gasteiger partial charge in [-0.25, -0.2) is 0 Å². The molecule has 2 heterocycles. The lowest BCUT2D eigenvalue weighted by molar-refractivity contribution is 0.210. The molecule has 0 radical (unpaired) electrons. The van der Waals surface area contributed by atoms with Crippen molar-refractivity contribution in [2.75, 3.05) is 32.5 Å². The van der Waals surface area contributed by atoms with Gasteiger partial charge >= 0.3 is 6.01 Å². The molecule has 7 heteroatoms. The van der Waals surface area contributed by atoms with Crippen LogP contribution in [0.15, 0.2) is 28.7 Å². The van der Waals surface area contributed by atoms with Gasteiger partial charge in [0.2, 0.25) is 5.89 Å². The van der Waals surface area contributed by atoms with Crippen LogP contribution < -0.4 is 5.32 Å². The van der Waals surface area contributed by atoms with E-state index in [4.69, 9.17) is 4.42 Å². The molecule has 0 bridgehead atoms. The number of rotatable bonds is 6. The van der Waals surface area contributed by atoms with Crippen LogP contribution in [-0.2, 0) is 13.1 Å². The van der Waals surface area contributed by atoms with Crippen molar-refractivity contribution in [1.82, 2.24) is 20.0 Å². The fourth-order valence-electron chi connectivity index (χ4n) is 2.97. The number of benzene rings is 1. The van der Waals surface area contributed by atoms with E-state index in [1.165, 1.54) is 0 Å². The molecule has 1 saturated heterocycles. The molecule has 2 N–H and O–H groups in total. The molecule has 3 rings (SSSR count). The van der Waals surface area contributed by atoms with E-state index < -0.39 is 0 Å². The molecule has 1 aromatic heterocycles. The summed E-state index contributed by atoms with van der Waals surface area (Å²) in [6, 6.07) is 8.34. The van der Waals surface area contributed by atoms with Crippen molar-refractivity contribution in [3.05, 3.63) is 35.7 Å². The zero-order valence-corrected chi connectivity index (χ0v) is 14.3. The van der Waals surface area contributed by atoms with Crippen molar-refractivity contribution in [3.8, 4) is 5.75 Å². The van der Waals surface area contributed by atoms with Gasteiger partial charge in [0.05, 0.1) is 6.54 Å². The quantitative estimate of drug-likeness (QED) is 0.837. The summed E-state index contributed by atoms with van der Waals surface area (Å²) >= 11 is 0. The minimum absolute atomic E-state index is 0.328. The number of phenols is 1. The molecule has 0 atom stereocenters. The van der Waals surface area contributed by atoms with Gasteiger partial charge in [-0.2, -0.15) is 0 Å². The number of hydrogen-bond acceptors (Lipinski definition) is 7. The molecule has 1 aliphatic rings. The predicted octanol–water partition coefficient (Wildman–Crippen LogP) is 1.91. The summed E-state index contributed by atoms with van der Waals surface area (Å²) in [6.07, 6.45) is 2.06. The van der Waals surface area contributed by atoms with E-state index in [2.05, 4.69) is 26.5 Å². The van der Waals surface area contributed by atoms with E-state index in [1.54, 1.807) is 6.07 Å². The molecule has 0 spiro atoms. The van der Waals surface area contributed by atoms with Gasteiger partial charge in [0.25, 0.3) is 0 Å². The molecule has 0 amide bonds. The van der Waals surface area contributed by atoms with Crippen molar-refractivity contribution in [3.63, 3.8) is 0 Å². The number of aromatic hydroxyl groups is 1. The normalized spacial score (nSPS) is 16.6. The molecular weight excluding hydrogens is 306 g/mol. The summed E-state index contributed by atoms with van der Waals surface area (Å²) in [5.74, 6) is 0.956. The highest BCUT2D eigenvalue weighted by Crippen LogP contribution is 2.19. The Morgan fingerprint density at radius 2 is 2.08 bits per heavy atom. The highest BCUT2D eigenvalue weighted by Gasteiger charge is 2.21. The van der Waals surface area contributed by atoms with Gasteiger partial charge in [0.1, 0.15) is 5.75 Å². The van der Waals surface area contributed by atoms with Crippen LogP contribution in [-0.4, -0.2) is 58.3 Å². The molecule has 0 aliphatic carbocycles. The van der Waals surface area contributed by atoms with Crippen LogP contribution in [0.5, 0.6) is 5.75 Å².